The first-order valence-corrected chi connectivity index (χ1v) is 11.2. The number of hydrogen-bond donors (Lipinski definition) is 2. The lowest BCUT2D eigenvalue weighted by atomic mass is 10.0. The van der Waals surface area contributed by atoms with Crippen molar-refractivity contribution in [1.82, 2.24) is 15.1 Å². The summed E-state index contributed by atoms with van der Waals surface area (Å²) in [7, 11) is 0. The highest BCUT2D eigenvalue weighted by molar-refractivity contribution is 5.64. The Morgan fingerprint density at radius 2 is 1.78 bits per heavy atom. The molecular formula is C25H33N3O4. The van der Waals surface area contributed by atoms with E-state index in [0.29, 0.717) is 23.4 Å². The van der Waals surface area contributed by atoms with E-state index in [4.69, 9.17) is 14.4 Å². The molecule has 0 saturated carbocycles. The number of ether oxygens (including phenoxy) is 1. The number of hydrogen-bond acceptors (Lipinski definition) is 7. The summed E-state index contributed by atoms with van der Waals surface area (Å²) in [5.74, 6) is 2.21. The van der Waals surface area contributed by atoms with Crippen LogP contribution in [0.5, 0.6) is 5.75 Å². The van der Waals surface area contributed by atoms with Crippen LogP contribution in [-0.4, -0.2) is 44.7 Å². The Kier molecular flexibility index (Phi) is 7.99. The molecule has 2 aromatic heterocycles. The quantitative estimate of drug-likeness (QED) is 0.489. The molecule has 0 spiro atoms. The lowest BCUT2D eigenvalue weighted by Gasteiger charge is -2.16. The summed E-state index contributed by atoms with van der Waals surface area (Å²) >= 11 is 0. The third-order valence-electron chi connectivity index (χ3n) is 5.34. The van der Waals surface area contributed by atoms with Crippen LogP contribution in [0, 0.1) is 12.8 Å². The highest BCUT2D eigenvalue weighted by atomic mass is 16.5. The van der Waals surface area contributed by atoms with Gasteiger partial charge in [0.1, 0.15) is 18.5 Å². The average molecular weight is 440 g/mol. The molecule has 0 aliphatic rings. The van der Waals surface area contributed by atoms with E-state index in [0.717, 1.165) is 47.2 Å². The van der Waals surface area contributed by atoms with Crippen molar-refractivity contribution in [3.63, 3.8) is 0 Å². The zero-order valence-corrected chi connectivity index (χ0v) is 19.6. The van der Waals surface area contributed by atoms with Crippen molar-refractivity contribution < 1.29 is 19.5 Å². The number of aromatic nitrogens is 3. The van der Waals surface area contributed by atoms with Gasteiger partial charge in [0, 0.05) is 17.5 Å². The van der Waals surface area contributed by atoms with Crippen LogP contribution in [0.1, 0.15) is 50.1 Å². The van der Waals surface area contributed by atoms with Gasteiger partial charge < -0.3 is 19.5 Å². The van der Waals surface area contributed by atoms with Crippen molar-refractivity contribution in [1.29, 1.82) is 0 Å². The van der Waals surface area contributed by atoms with E-state index < -0.39 is 6.10 Å². The normalized spacial score (nSPS) is 12.4. The predicted molar refractivity (Wildman–Crippen MR) is 124 cm³/mol. The van der Waals surface area contributed by atoms with Crippen molar-refractivity contribution in [2.24, 2.45) is 5.92 Å². The monoisotopic (exact) mass is 439 g/mol. The van der Waals surface area contributed by atoms with Crippen molar-refractivity contribution in [3.05, 3.63) is 46.8 Å². The van der Waals surface area contributed by atoms with Gasteiger partial charge in [-0.15, -0.1) is 0 Å². The molecule has 32 heavy (non-hydrogen) atoms. The molecule has 3 rings (SSSR count). The zero-order valence-electron chi connectivity index (χ0n) is 19.6. The van der Waals surface area contributed by atoms with Crippen LogP contribution in [0.2, 0.25) is 0 Å². The van der Waals surface area contributed by atoms with Gasteiger partial charge in [0.05, 0.1) is 12.2 Å². The molecule has 0 amide bonds. The Morgan fingerprint density at radius 1 is 1.06 bits per heavy atom. The van der Waals surface area contributed by atoms with Gasteiger partial charge in [-0.05, 0) is 67.0 Å². The number of pyridine rings is 1. The van der Waals surface area contributed by atoms with Gasteiger partial charge >= 0.3 is 0 Å². The number of nitrogens with zero attached hydrogens (tertiary/aromatic N) is 3. The fraction of sp³-hybridized carbons (Fsp3) is 0.480. The third kappa shape index (κ3) is 5.53. The lowest BCUT2D eigenvalue weighted by molar-refractivity contribution is 0.0531. The number of aryl methyl sites for hydroxylation is 3. The number of rotatable bonds is 10. The first-order chi connectivity index (χ1) is 15.4. The van der Waals surface area contributed by atoms with Gasteiger partial charge in [0.25, 0.3) is 5.89 Å². The fourth-order valence-electron chi connectivity index (χ4n) is 3.67. The lowest BCUT2D eigenvalue weighted by Crippen LogP contribution is -2.22. The summed E-state index contributed by atoms with van der Waals surface area (Å²) < 4.78 is 11.3. The second-order valence-electron chi connectivity index (χ2n) is 8.49. The highest BCUT2D eigenvalue weighted by Gasteiger charge is 2.17. The molecule has 2 N–H and O–H groups in total. The minimum atomic E-state index is -0.910. The van der Waals surface area contributed by atoms with Crippen LogP contribution in [-0.2, 0) is 19.3 Å². The second kappa shape index (κ2) is 10.7. The molecule has 7 nitrogen and oxygen atoms in total. The van der Waals surface area contributed by atoms with Gasteiger partial charge in [-0.2, -0.15) is 4.98 Å². The summed E-state index contributed by atoms with van der Waals surface area (Å²) in [6.07, 6.45) is 3.48. The molecule has 1 atom stereocenters. The van der Waals surface area contributed by atoms with Crippen LogP contribution in [0.3, 0.4) is 0 Å². The third-order valence-corrected chi connectivity index (χ3v) is 5.34. The number of benzene rings is 1. The maximum absolute atomic E-state index is 9.60. The Labute approximate surface area is 189 Å². The summed E-state index contributed by atoms with van der Waals surface area (Å²) in [5.41, 5.74) is 5.86. The van der Waals surface area contributed by atoms with Gasteiger partial charge in [0.2, 0.25) is 5.82 Å². The number of aliphatic hydroxyl groups excluding tert-OH is 2. The standard InChI is InChI=1S/C25H33N3O4/c1-6-17-10-20(12-26-22(17)8-15(3)4)25-27-24(28-32-25)19-9-16(5)23(18(7-2)11-19)31-14-21(30)13-29/h9-12,15,21,29-30H,6-8,13-14H2,1-5H3/t21-/m0/s1. The Balaban J connectivity index is 1.89. The van der Waals surface area contributed by atoms with E-state index >= 15 is 0 Å². The topological polar surface area (TPSA) is 102 Å². The van der Waals surface area contributed by atoms with E-state index in [1.54, 1.807) is 6.20 Å². The molecule has 0 unspecified atom stereocenters. The highest BCUT2D eigenvalue weighted by Crippen LogP contribution is 2.31. The molecule has 0 aliphatic heterocycles. The molecule has 0 radical (unpaired) electrons. The molecule has 0 fully saturated rings. The maximum atomic E-state index is 9.60. The molecule has 1 aromatic carbocycles. The van der Waals surface area contributed by atoms with E-state index in [-0.39, 0.29) is 13.2 Å². The zero-order chi connectivity index (χ0) is 23.3. The van der Waals surface area contributed by atoms with Gasteiger partial charge in [0.15, 0.2) is 0 Å². The summed E-state index contributed by atoms with van der Waals surface area (Å²) in [6, 6.07) is 6.01. The smallest absolute Gasteiger partial charge is 0.259 e. The van der Waals surface area contributed by atoms with Gasteiger partial charge in [-0.1, -0.05) is 32.9 Å². The molecule has 0 saturated heterocycles. The molecule has 0 aliphatic carbocycles. The predicted octanol–water partition coefficient (Wildman–Crippen LogP) is 4.16. The molecule has 0 bridgehead atoms. The Morgan fingerprint density at radius 3 is 2.44 bits per heavy atom. The summed E-state index contributed by atoms with van der Waals surface area (Å²) in [6.45, 7) is 10.2. The van der Waals surface area contributed by atoms with Gasteiger partial charge in [-0.3, -0.25) is 4.98 Å². The summed E-state index contributed by atoms with van der Waals surface area (Å²) in [5, 5.41) is 22.8. The van der Waals surface area contributed by atoms with Crippen LogP contribution in [0.4, 0.5) is 0 Å². The second-order valence-corrected chi connectivity index (χ2v) is 8.49. The minimum absolute atomic E-state index is 0.0373. The van der Waals surface area contributed by atoms with Crippen molar-refractivity contribution in [2.45, 2.75) is 60.0 Å². The molecule has 2 heterocycles. The van der Waals surface area contributed by atoms with E-state index in [2.05, 4.69) is 42.0 Å². The minimum Gasteiger partial charge on any atom is -0.490 e. The van der Waals surface area contributed by atoms with E-state index in [1.807, 2.05) is 26.0 Å². The Hall–Kier alpha value is -2.77. The molecule has 3 aromatic rings. The largest absolute Gasteiger partial charge is 0.490 e. The Bertz CT molecular complexity index is 1050. The molecule has 172 valence electrons. The van der Waals surface area contributed by atoms with Crippen molar-refractivity contribution in [3.8, 4) is 28.6 Å². The maximum Gasteiger partial charge on any atom is 0.259 e. The van der Waals surface area contributed by atoms with Crippen LogP contribution < -0.4 is 4.74 Å². The first-order valence-electron chi connectivity index (χ1n) is 11.2. The van der Waals surface area contributed by atoms with Crippen molar-refractivity contribution >= 4 is 0 Å². The van der Waals surface area contributed by atoms with Crippen LogP contribution >= 0.6 is 0 Å². The van der Waals surface area contributed by atoms with Crippen molar-refractivity contribution in [2.75, 3.05) is 13.2 Å². The molecule has 7 heteroatoms. The van der Waals surface area contributed by atoms with Crippen LogP contribution in [0.15, 0.2) is 28.9 Å². The number of aliphatic hydroxyl groups is 2. The summed E-state index contributed by atoms with van der Waals surface area (Å²) in [4.78, 5) is 9.28. The SMILES string of the molecule is CCc1cc(-c2nc(-c3cc(C)c(OC[C@@H](O)CO)c(CC)c3)no2)cnc1CC(C)C. The average Bonchev–Trinajstić information content (AvgIpc) is 3.27. The first kappa shape index (κ1) is 23.9. The van der Waals surface area contributed by atoms with Crippen LogP contribution in [0.25, 0.3) is 22.8 Å². The van der Waals surface area contributed by atoms with E-state index in [9.17, 15) is 5.11 Å². The fourth-order valence-corrected chi connectivity index (χ4v) is 3.67. The van der Waals surface area contributed by atoms with E-state index in [1.165, 1.54) is 5.56 Å². The molecular weight excluding hydrogens is 406 g/mol. The van der Waals surface area contributed by atoms with Gasteiger partial charge in [-0.25, -0.2) is 0 Å².